The van der Waals surface area contributed by atoms with Crippen molar-refractivity contribution in [2.45, 2.75) is 6.18 Å². The van der Waals surface area contributed by atoms with Crippen LogP contribution in [0.5, 0.6) is 0 Å². The van der Waals surface area contributed by atoms with Crippen molar-refractivity contribution in [2.75, 3.05) is 18.4 Å². The highest BCUT2D eigenvalue weighted by molar-refractivity contribution is 6.01. The van der Waals surface area contributed by atoms with Crippen LogP contribution < -0.4 is 10.6 Å². The minimum atomic E-state index is -4.47. The monoisotopic (exact) mass is 294 g/mol. The van der Waals surface area contributed by atoms with Gasteiger partial charge in [0.1, 0.15) is 5.82 Å². The molecule has 1 rings (SSSR count). The van der Waals surface area contributed by atoms with Gasteiger partial charge in [-0.05, 0) is 18.2 Å². The lowest BCUT2D eigenvalue weighted by atomic mass is 10.1. The maximum Gasteiger partial charge on any atom is 0.401 e. The Hall–Kier alpha value is -2.16. The Kier molecular flexibility index (Phi) is 5.03. The van der Waals surface area contributed by atoms with Gasteiger partial charge in [0.05, 0.1) is 24.3 Å². The summed E-state index contributed by atoms with van der Waals surface area (Å²) in [5.74, 6) is -3.10. The number of carbonyl (C=O) groups excluding carboxylic acids is 1. The van der Waals surface area contributed by atoms with Crippen LogP contribution >= 0.6 is 0 Å². The predicted octanol–water partition coefficient (Wildman–Crippen LogP) is 1.61. The number of carbonyl (C=O) groups is 2. The Morgan fingerprint density at radius 1 is 1.25 bits per heavy atom. The van der Waals surface area contributed by atoms with Gasteiger partial charge < -0.3 is 15.7 Å². The number of amides is 1. The van der Waals surface area contributed by atoms with E-state index >= 15 is 0 Å². The Labute approximate surface area is 110 Å². The maximum absolute atomic E-state index is 13.0. The molecule has 0 atom stereocenters. The fourth-order valence-corrected chi connectivity index (χ4v) is 1.32. The van der Waals surface area contributed by atoms with Crippen LogP contribution in [0.3, 0.4) is 0 Å². The van der Waals surface area contributed by atoms with Crippen molar-refractivity contribution in [1.82, 2.24) is 5.32 Å². The van der Waals surface area contributed by atoms with Crippen molar-refractivity contribution in [2.24, 2.45) is 0 Å². The molecule has 1 aromatic carbocycles. The summed E-state index contributed by atoms with van der Waals surface area (Å²) in [6.07, 6.45) is -4.47. The number of aromatic carboxylic acids is 1. The number of anilines is 1. The molecule has 3 N–H and O–H groups in total. The van der Waals surface area contributed by atoms with E-state index in [9.17, 15) is 27.2 Å². The van der Waals surface area contributed by atoms with Crippen LogP contribution in [-0.4, -0.2) is 36.2 Å². The number of benzene rings is 1. The van der Waals surface area contributed by atoms with E-state index in [1.807, 2.05) is 10.6 Å². The number of carboxylic acid groups (broad SMARTS) is 1. The molecule has 0 spiro atoms. The van der Waals surface area contributed by atoms with Gasteiger partial charge in [-0.1, -0.05) is 0 Å². The zero-order valence-corrected chi connectivity index (χ0v) is 9.92. The lowest BCUT2D eigenvalue weighted by Crippen LogP contribution is -2.35. The van der Waals surface area contributed by atoms with Crippen molar-refractivity contribution in [3.8, 4) is 0 Å². The Morgan fingerprint density at radius 3 is 2.45 bits per heavy atom. The zero-order valence-electron chi connectivity index (χ0n) is 9.92. The van der Waals surface area contributed by atoms with Crippen LogP contribution in [0.15, 0.2) is 18.2 Å². The first kappa shape index (κ1) is 15.9. The molecule has 0 saturated carbocycles. The van der Waals surface area contributed by atoms with E-state index in [4.69, 9.17) is 5.11 Å². The van der Waals surface area contributed by atoms with E-state index in [1.54, 1.807) is 0 Å². The standard InChI is InChI=1S/C11H10F4N2O3/c12-6-1-2-7(10(19)20)8(3-6)17-9(18)4-16-5-11(13,14)15/h1-3,16H,4-5H2,(H,17,18)(H,19,20). The van der Waals surface area contributed by atoms with E-state index in [-0.39, 0.29) is 11.3 Å². The summed E-state index contributed by atoms with van der Waals surface area (Å²) in [6, 6.07) is 2.60. The SMILES string of the molecule is O=C(CNCC(F)(F)F)Nc1cc(F)ccc1C(=O)O. The number of halogens is 4. The molecule has 0 unspecified atom stereocenters. The van der Waals surface area contributed by atoms with E-state index in [1.165, 1.54) is 0 Å². The van der Waals surface area contributed by atoms with E-state index < -0.39 is 37.0 Å². The minimum Gasteiger partial charge on any atom is -0.478 e. The molecule has 0 fully saturated rings. The van der Waals surface area contributed by atoms with Crippen molar-refractivity contribution >= 4 is 17.6 Å². The molecule has 1 amide bonds. The van der Waals surface area contributed by atoms with Crippen LogP contribution in [0.4, 0.5) is 23.2 Å². The van der Waals surface area contributed by atoms with Gasteiger partial charge in [-0.25, -0.2) is 9.18 Å². The number of hydrogen-bond donors (Lipinski definition) is 3. The molecule has 1 aromatic rings. The number of alkyl halides is 3. The third-order valence-corrected chi connectivity index (χ3v) is 2.10. The fraction of sp³-hybridized carbons (Fsp3) is 0.273. The van der Waals surface area contributed by atoms with Crippen molar-refractivity contribution < 1.29 is 32.3 Å². The second-order valence-corrected chi connectivity index (χ2v) is 3.76. The summed E-state index contributed by atoms with van der Waals surface area (Å²) < 4.78 is 48.5. The van der Waals surface area contributed by atoms with Gasteiger partial charge >= 0.3 is 12.1 Å². The Balaban J connectivity index is 2.66. The fourth-order valence-electron chi connectivity index (χ4n) is 1.32. The summed E-state index contributed by atoms with van der Waals surface area (Å²) in [7, 11) is 0. The van der Waals surface area contributed by atoms with Gasteiger partial charge in [0.2, 0.25) is 5.91 Å². The summed E-state index contributed by atoms with van der Waals surface area (Å²) in [5, 5.41) is 12.7. The second-order valence-electron chi connectivity index (χ2n) is 3.76. The van der Waals surface area contributed by atoms with Gasteiger partial charge in [-0.2, -0.15) is 13.2 Å². The molecular formula is C11H10F4N2O3. The number of nitrogens with one attached hydrogen (secondary N) is 2. The molecular weight excluding hydrogens is 284 g/mol. The predicted molar refractivity (Wildman–Crippen MR) is 60.9 cm³/mol. The van der Waals surface area contributed by atoms with Gasteiger partial charge in [-0.3, -0.25) is 4.79 Å². The largest absolute Gasteiger partial charge is 0.478 e. The first-order valence-electron chi connectivity index (χ1n) is 5.29. The molecule has 0 aliphatic rings. The molecule has 9 heteroatoms. The van der Waals surface area contributed by atoms with Crippen molar-refractivity contribution in [3.63, 3.8) is 0 Å². The summed E-state index contributed by atoms with van der Waals surface area (Å²) in [6.45, 7) is -2.05. The number of carboxylic acids is 1. The molecule has 0 radical (unpaired) electrons. The van der Waals surface area contributed by atoms with Gasteiger partial charge in [-0.15, -0.1) is 0 Å². The van der Waals surface area contributed by atoms with Gasteiger partial charge in [0.15, 0.2) is 0 Å². The van der Waals surface area contributed by atoms with E-state index in [0.29, 0.717) is 0 Å². The highest BCUT2D eigenvalue weighted by Gasteiger charge is 2.26. The van der Waals surface area contributed by atoms with Crippen LogP contribution in [-0.2, 0) is 4.79 Å². The maximum atomic E-state index is 13.0. The molecule has 20 heavy (non-hydrogen) atoms. The van der Waals surface area contributed by atoms with Gasteiger partial charge in [0.25, 0.3) is 0 Å². The molecule has 0 heterocycles. The molecule has 110 valence electrons. The first-order chi connectivity index (χ1) is 9.19. The van der Waals surface area contributed by atoms with Gasteiger partial charge in [0, 0.05) is 0 Å². The molecule has 0 aliphatic carbocycles. The molecule has 0 bridgehead atoms. The van der Waals surface area contributed by atoms with Crippen LogP contribution in [0.1, 0.15) is 10.4 Å². The molecule has 0 aromatic heterocycles. The normalized spacial score (nSPS) is 11.2. The average molecular weight is 294 g/mol. The molecule has 0 saturated heterocycles. The topological polar surface area (TPSA) is 78.4 Å². The van der Waals surface area contributed by atoms with Crippen LogP contribution in [0.2, 0.25) is 0 Å². The van der Waals surface area contributed by atoms with E-state index in [2.05, 4.69) is 0 Å². The molecule has 5 nitrogen and oxygen atoms in total. The Bertz CT molecular complexity index is 517. The quantitative estimate of drug-likeness (QED) is 0.721. The average Bonchev–Trinajstić information content (AvgIpc) is 2.26. The van der Waals surface area contributed by atoms with Crippen LogP contribution in [0.25, 0.3) is 0 Å². The third-order valence-electron chi connectivity index (χ3n) is 2.10. The van der Waals surface area contributed by atoms with Crippen LogP contribution in [0, 0.1) is 5.82 Å². The second kappa shape index (κ2) is 6.33. The third kappa shape index (κ3) is 5.22. The molecule has 0 aliphatic heterocycles. The van der Waals surface area contributed by atoms with Crippen molar-refractivity contribution in [1.29, 1.82) is 0 Å². The lowest BCUT2D eigenvalue weighted by Gasteiger charge is -2.10. The minimum absolute atomic E-state index is 0.323. The smallest absolute Gasteiger partial charge is 0.401 e. The summed E-state index contributed by atoms with van der Waals surface area (Å²) in [5.41, 5.74) is -0.688. The summed E-state index contributed by atoms with van der Waals surface area (Å²) >= 11 is 0. The highest BCUT2D eigenvalue weighted by atomic mass is 19.4. The first-order valence-corrected chi connectivity index (χ1v) is 5.29. The Morgan fingerprint density at radius 2 is 1.90 bits per heavy atom. The van der Waals surface area contributed by atoms with Crippen molar-refractivity contribution in [3.05, 3.63) is 29.6 Å². The summed E-state index contributed by atoms with van der Waals surface area (Å²) in [4.78, 5) is 22.2. The number of hydrogen-bond acceptors (Lipinski definition) is 3. The van der Waals surface area contributed by atoms with E-state index in [0.717, 1.165) is 18.2 Å². The highest BCUT2D eigenvalue weighted by Crippen LogP contribution is 2.17. The number of rotatable bonds is 5. The lowest BCUT2D eigenvalue weighted by molar-refractivity contribution is -0.126. The zero-order chi connectivity index (χ0) is 15.3.